The van der Waals surface area contributed by atoms with Crippen LogP contribution in [0.2, 0.25) is 0 Å². The van der Waals surface area contributed by atoms with Gasteiger partial charge in [0.25, 0.3) is 0 Å². The van der Waals surface area contributed by atoms with E-state index in [9.17, 15) is 0 Å². The topological polar surface area (TPSA) is 13.1 Å². The van der Waals surface area contributed by atoms with Crippen LogP contribution in [-0.2, 0) is 6.42 Å². The van der Waals surface area contributed by atoms with Crippen LogP contribution in [0, 0.1) is 0 Å². The van der Waals surface area contributed by atoms with Gasteiger partial charge in [0.15, 0.2) is 0 Å². The van der Waals surface area contributed by atoms with Crippen molar-refractivity contribution in [3.05, 3.63) is 53.7 Å². The molecule has 0 radical (unpaired) electrons. The normalized spacial score (nSPS) is 16.6. The number of alkyl halides is 1. The van der Waals surface area contributed by atoms with E-state index in [0.29, 0.717) is 6.71 Å². The Bertz CT molecular complexity index is 552. The molecule has 4 heteroatoms. The van der Waals surface area contributed by atoms with Crippen molar-refractivity contribution in [3.8, 4) is 0 Å². The number of allylic oxidation sites excluding steroid dienone is 3. The van der Waals surface area contributed by atoms with Crippen molar-refractivity contribution in [2.75, 3.05) is 4.43 Å². The third kappa shape index (κ3) is 2.28. The van der Waals surface area contributed by atoms with Gasteiger partial charge in [-0.2, -0.15) is 0 Å². The first kappa shape index (κ1) is 11.3. The van der Waals surface area contributed by atoms with E-state index in [-0.39, 0.29) is 0 Å². The number of furan rings is 1. The molecule has 0 unspecified atom stereocenters. The van der Waals surface area contributed by atoms with Crippen LogP contribution in [0.5, 0.6) is 0 Å². The molecule has 3 heterocycles. The van der Waals surface area contributed by atoms with Crippen LogP contribution in [0.15, 0.2) is 46.6 Å². The van der Waals surface area contributed by atoms with E-state index in [1.54, 1.807) is 0 Å². The number of hydrogen-bond acceptors (Lipinski definition) is 1. The van der Waals surface area contributed by atoms with Gasteiger partial charge >= 0.3 is 116 Å². The summed E-state index contributed by atoms with van der Waals surface area (Å²) in [4.78, 5) is 0. The molecular formula is C13H11B2IO. The molecule has 1 aromatic rings. The molecule has 0 saturated heterocycles. The fourth-order valence-corrected chi connectivity index (χ4v) is 2.72. The van der Waals surface area contributed by atoms with Gasteiger partial charge in [-0.05, 0) is 0 Å². The van der Waals surface area contributed by atoms with Crippen LogP contribution >= 0.6 is 22.6 Å². The molecule has 0 fully saturated rings. The monoisotopic (exact) mass is 332 g/mol. The van der Waals surface area contributed by atoms with Gasteiger partial charge in [-0.1, -0.05) is 0 Å². The fraction of sp³-hybridized carbons (Fsp3) is 0.154. The zero-order valence-electron chi connectivity index (χ0n) is 9.40. The summed E-state index contributed by atoms with van der Waals surface area (Å²) in [6.07, 6.45) is 5.33. The first-order valence-electron chi connectivity index (χ1n) is 5.80. The molecule has 1 nitrogen and oxygen atoms in total. The average Bonchev–Trinajstić information content (AvgIpc) is 2.96. The number of aryl methyl sites for hydroxylation is 1. The molecule has 0 bridgehead atoms. The van der Waals surface area contributed by atoms with Crippen LogP contribution in [0.25, 0.3) is 5.57 Å². The molecule has 0 atom stereocenters. The summed E-state index contributed by atoms with van der Waals surface area (Å²) < 4.78 is 6.94. The molecule has 0 saturated carbocycles. The predicted octanol–water partition coefficient (Wildman–Crippen LogP) is 2.73. The van der Waals surface area contributed by atoms with Crippen LogP contribution in [0.1, 0.15) is 11.5 Å². The van der Waals surface area contributed by atoms with Crippen molar-refractivity contribution >= 4 is 47.2 Å². The molecule has 0 aromatic carbocycles. The molecule has 82 valence electrons. The molecule has 0 N–H and O–H groups in total. The quantitative estimate of drug-likeness (QED) is 0.471. The minimum atomic E-state index is 0.438. The fourth-order valence-electron chi connectivity index (χ4n) is 2.19. The number of rotatable bonds is 3. The Kier molecular flexibility index (Phi) is 3.23. The molecule has 0 amide bonds. The summed E-state index contributed by atoms with van der Waals surface area (Å²) in [5.74, 6) is 8.66. The molecule has 0 spiro atoms. The van der Waals surface area contributed by atoms with E-state index >= 15 is 0 Å². The number of halogens is 1. The van der Waals surface area contributed by atoms with E-state index in [0.717, 1.165) is 22.4 Å². The van der Waals surface area contributed by atoms with E-state index in [1.807, 2.05) is 0 Å². The molecule has 17 heavy (non-hydrogen) atoms. The van der Waals surface area contributed by atoms with E-state index in [2.05, 4.69) is 71.7 Å². The number of fused-ring (bicyclic) bond motifs is 1. The molecule has 0 aliphatic carbocycles. The van der Waals surface area contributed by atoms with Gasteiger partial charge in [0, 0.05) is 0 Å². The maximum absolute atomic E-state index is 5.84. The second kappa shape index (κ2) is 4.84. The summed E-state index contributed by atoms with van der Waals surface area (Å²) in [5, 5.41) is 1.37. The number of hydrogen-bond donors (Lipinski definition) is 0. The third-order valence-electron chi connectivity index (χ3n) is 3.09. The second-order valence-electron chi connectivity index (χ2n) is 4.24. The van der Waals surface area contributed by atoms with Crippen molar-refractivity contribution in [1.29, 1.82) is 0 Å². The van der Waals surface area contributed by atoms with E-state index in [4.69, 9.17) is 4.42 Å². The van der Waals surface area contributed by atoms with Crippen LogP contribution in [0.4, 0.5) is 0 Å². The minimum absolute atomic E-state index is 0.438. The molecule has 2 aliphatic heterocycles. The predicted molar refractivity (Wildman–Crippen MR) is 84.1 cm³/mol. The summed E-state index contributed by atoms with van der Waals surface area (Å²) >= 11 is 2.37. The first-order chi connectivity index (χ1) is 8.36. The van der Waals surface area contributed by atoms with Crippen LogP contribution in [0.3, 0.4) is 0 Å². The summed E-state index contributed by atoms with van der Waals surface area (Å²) in [6.45, 7) is 2.60. The molecule has 2 aliphatic rings. The van der Waals surface area contributed by atoms with Crippen molar-refractivity contribution in [2.45, 2.75) is 6.42 Å². The van der Waals surface area contributed by atoms with Gasteiger partial charge in [0.05, 0.1) is 0 Å². The third-order valence-corrected chi connectivity index (χ3v) is 3.63. The second-order valence-corrected chi connectivity index (χ2v) is 5.32. The van der Waals surface area contributed by atoms with Gasteiger partial charge in [-0.15, -0.1) is 0 Å². The van der Waals surface area contributed by atoms with Crippen molar-refractivity contribution in [1.82, 2.24) is 0 Å². The maximum atomic E-state index is 5.84. The summed E-state index contributed by atoms with van der Waals surface area (Å²) in [7, 11) is 0. The zero-order valence-corrected chi connectivity index (χ0v) is 11.6. The molecule has 3 rings (SSSR count). The Morgan fingerprint density at radius 2 is 2.24 bits per heavy atom. The van der Waals surface area contributed by atoms with Gasteiger partial charge in [-0.25, -0.2) is 0 Å². The van der Waals surface area contributed by atoms with E-state index in [1.165, 1.54) is 10.9 Å². The Hall–Kier alpha value is -0.770. The Labute approximate surface area is 116 Å². The van der Waals surface area contributed by atoms with Gasteiger partial charge < -0.3 is 0 Å². The van der Waals surface area contributed by atoms with Crippen LogP contribution < -0.4 is 0 Å². The van der Waals surface area contributed by atoms with Crippen molar-refractivity contribution < 1.29 is 4.42 Å². The van der Waals surface area contributed by atoms with Crippen LogP contribution in [-0.4, -0.2) is 23.4 Å². The zero-order chi connectivity index (χ0) is 11.7. The Morgan fingerprint density at radius 1 is 1.29 bits per heavy atom. The molecule has 1 aromatic heterocycles. The van der Waals surface area contributed by atoms with Crippen molar-refractivity contribution in [2.24, 2.45) is 0 Å². The van der Waals surface area contributed by atoms with Gasteiger partial charge in [0.2, 0.25) is 0 Å². The Morgan fingerprint density at radius 3 is 3.12 bits per heavy atom. The summed E-state index contributed by atoms with van der Waals surface area (Å²) in [6, 6.07) is 4.16. The SMILES string of the molecule is ICCc1ccc(C2=CB3C=CB=C3C=C2)o1. The van der Waals surface area contributed by atoms with E-state index < -0.39 is 0 Å². The first-order valence-corrected chi connectivity index (χ1v) is 7.33. The molecular weight excluding hydrogens is 321 g/mol. The average molecular weight is 332 g/mol. The standard InChI is InChI=1S/C13H11B2IO/c16-8-5-11-2-3-12(17-11)10-1-4-13-14-6-7-15(13)9-10/h1-4,6-7,9H,5,8H2. The summed E-state index contributed by atoms with van der Waals surface area (Å²) in [5.41, 5.74) is 1.19. The Balaban J connectivity index is 1.87. The van der Waals surface area contributed by atoms with Gasteiger partial charge in [0.1, 0.15) is 0 Å². The van der Waals surface area contributed by atoms with Crippen molar-refractivity contribution in [3.63, 3.8) is 0 Å². The van der Waals surface area contributed by atoms with Gasteiger partial charge in [-0.3, -0.25) is 0 Å².